The van der Waals surface area contributed by atoms with E-state index >= 15 is 0 Å². The average Bonchev–Trinajstić information content (AvgIpc) is 2.38. The Kier molecular flexibility index (Phi) is 8.73. The summed E-state index contributed by atoms with van der Waals surface area (Å²) in [7, 11) is 0. The molecule has 0 aromatic rings. The second-order valence-corrected chi connectivity index (χ2v) is 5.47. The van der Waals surface area contributed by atoms with Gasteiger partial charge < -0.3 is 25.4 Å². The molecule has 0 aliphatic carbocycles. The van der Waals surface area contributed by atoms with Crippen LogP contribution in [0, 0.1) is 5.41 Å². The van der Waals surface area contributed by atoms with Gasteiger partial charge in [0.15, 0.2) is 0 Å². The molecule has 0 unspecified atom stereocenters. The lowest BCUT2D eigenvalue weighted by Crippen LogP contribution is -2.46. The first-order valence-corrected chi connectivity index (χ1v) is 6.85. The van der Waals surface area contributed by atoms with E-state index in [9.17, 15) is 14.7 Å². The number of aliphatic hydroxyl groups excluding tert-OH is 2. The van der Waals surface area contributed by atoms with Gasteiger partial charge in [-0.05, 0) is 0 Å². The number of nitrogens with one attached hydrogen (secondary N) is 1. The molecule has 0 aliphatic rings. The minimum absolute atomic E-state index is 0.00951. The molecule has 0 aromatic carbocycles. The van der Waals surface area contributed by atoms with E-state index in [1.165, 1.54) is 0 Å². The van der Waals surface area contributed by atoms with Crippen LogP contribution in [0.4, 0.5) is 0 Å². The predicted octanol–water partition coefficient (Wildman–Crippen LogP) is -0.978. The third kappa shape index (κ3) is 7.36. The maximum absolute atomic E-state index is 11.5. The summed E-state index contributed by atoms with van der Waals surface area (Å²) in [6.07, 6.45) is -1.32. The van der Waals surface area contributed by atoms with Crippen LogP contribution in [0.25, 0.3) is 0 Å². The number of carbonyl (C=O) groups is 2. The Morgan fingerprint density at radius 1 is 1.47 bits per heavy atom. The minimum atomic E-state index is -1.33. The minimum Gasteiger partial charge on any atom is -0.396 e. The Morgan fingerprint density at radius 2 is 2.11 bits per heavy atom. The predicted molar refractivity (Wildman–Crippen MR) is 72.1 cm³/mol. The van der Waals surface area contributed by atoms with Gasteiger partial charge in [0.1, 0.15) is 6.10 Å². The number of aliphatic hydroxyl groups is 2. The van der Waals surface area contributed by atoms with Crippen molar-refractivity contribution in [3.05, 3.63) is 0 Å². The SMILES string of the molecule is CC(C)(CO)[C@@H](O)C(=O)NCCC(=O)OSCCN. The number of nitrogens with two attached hydrogens (primary N) is 1. The van der Waals surface area contributed by atoms with E-state index in [0.717, 1.165) is 12.0 Å². The number of amides is 1. The lowest BCUT2D eigenvalue weighted by Gasteiger charge is -2.27. The average molecular weight is 294 g/mol. The Morgan fingerprint density at radius 3 is 2.63 bits per heavy atom. The molecule has 0 spiro atoms. The highest BCUT2D eigenvalue weighted by Gasteiger charge is 2.32. The molecule has 1 amide bonds. The monoisotopic (exact) mass is 294 g/mol. The molecule has 0 radical (unpaired) electrons. The van der Waals surface area contributed by atoms with Gasteiger partial charge in [0.2, 0.25) is 5.91 Å². The van der Waals surface area contributed by atoms with Gasteiger partial charge in [0.05, 0.1) is 25.1 Å². The summed E-state index contributed by atoms with van der Waals surface area (Å²) in [5, 5.41) is 21.1. The maximum atomic E-state index is 11.5. The smallest absolute Gasteiger partial charge is 0.319 e. The standard InChI is InChI=1S/C11H22N2O5S/c1-11(2,7-14)9(16)10(17)13-5-3-8(15)18-19-6-4-12/h9,14,16H,3-7,12H2,1-2H3,(H,13,17)/t9-/m0/s1. The van der Waals surface area contributed by atoms with Gasteiger partial charge in [0, 0.05) is 24.3 Å². The van der Waals surface area contributed by atoms with Crippen LogP contribution in [0.2, 0.25) is 0 Å². The Bertz CT molecular complexity index is 299. The summed E-state index contributed by atoms with van der Waals surface area (Å²) in [5.41, 5.74) is 4.30. The fourth-order valence-electron chi connectivity index (χ4n) is 1.02. The van der Waals surface area contributed by atoms with Crippen molar-refractivity contribution in [1.29, 1.82) is 0 Å². The fourth-order valence-corrected chi connectivity index (χ4v) is 1.42. The molecule has 0 heterocycles. The van der Waals surface area contributed by atoms with E-state index in [0.29, 0.717) is 12.3 Å². The van der Waals surface area contributed by atoms with Crippen molar-refractivity contribution in [1.82, 2.24) is 5.32 Å². The van der Waals surface area contributed by atoms with Crippen LogP contribution >= 0.6 is 12.0 Å². The summed E-state index contributed by atoms with van der Waals surface area (Å²) in [5.74, 6) is -0.572. The van der Waals surface area contributed by atoms with E-state index in [2.05, 4.69) is 5.32 Å². The molecule has 19 heavy (non-hydrogen) atoms. The van der Waals surface area contributed by atoms with Crippen molar-refractivity contribution in [2.24, 2.45) is 11.1 Å². The number of rotatable bonds is 9. The molecule has 0 aromatic heterocycles. The first kappa shape index (κ1) is 18.2. The van der Waals surface area contributed by atoms with Gasteiger partial charge >= 0.3 is 5.97 Å². The highest BCUT2D eigenvalue weighted by molar-refractivity contribution is 7.95. The quantitative estimate of drug-likeness (QED) is 0.318. The third-order valence-corrected chi connectivity index (χ3v) is 3.08. The van der Waals surface area contributed by atoms with E-state index in [4.69, 9.17) is 15.0 Å². The number of hydrogen-bond acceptors (Lipinski definition) is 7. The molecule has 0 bridgehead atoms. The summed E-state index contributed by atoms with van der Waals surface area (Å²) in [6, 6.07) is 0. The van der Waals surface area contributed by atoms with E-state index in [1.807, 2.05) is 0 Å². The zero-order valence-corrected chi connectivity index (χ0v) is 12.0. The molecule has 0 aliphatic heterocycles. The molecule has 1 atom stereocenters. The topological polar surface area (TPSA) is 122 Å². The molecule has 8 heteroatoms. The van der Waals surface area contributed by atoms with Gasteiger partial charge in [-0.3, -0.25) is 9.59 Å². The molecular formula is C11H22N2O5S. The molecule has 5 N–H and O–H groups in total. The molecule has 0 rings (SSSR count). The Labute approximate surface area is 117 Å². The zero-order chi connectivity index (χ0) is 14.9. The molecule has 0 fully saturated rings. The zero-order valence-electron chi connectivity index (χ0n) is 11.2. The van der Waals surface area contributed by atoms with Gasteiger partial charge in [-0.2, -0.15) is 0 Å². The molecule has 112 valence electrons. The summed E-state index contributed by atoms with van der Waals surface area (Å²) < 4.78 is 4.76. The number of hydrogen-bond donors (Lipinski definition) is 4. The van der Waals surface area contributed by atoms with Crippen molar-refractivity contribution >= 4 is 23.9 Å². The van der Waals surface area contributed by atoms with Gasteiger partial charge in [0.25, 0.3) is 0 Å². The molecule has 7 nitrogen and oxygen atoms in total. The van der Waals surface area contributed by atoms with Crippen LogP contribution in [-0.2, 0) is 13.8 Å². The Balaban J connectivity index is 3.88. The van der Waals surface area contributed by atoms with Crippen molar-refractivity contribution in [2.45, 2.75) is 26.4 Å². The third-order valence-electron chi connectivity index (χ3n) is 2.38. The van der Waals surface area contributed by atoms with Crippen molar-refractivity contribution < 1.29 is 24.0 Å². The van der Waals surface area contributed by atoms with Crippen LogP contribution in [0.5, 0.6) is 0 Å². The first-order valence-electron chi connectivity index (χ1n) is 5.94. The van der Waals surface area contributed by atoms with Gasteiger partial charge in [-0.15, -0.1) is 0 Å². The van der Waals surface area contributed by atoms with Gasteiger partial charge in [-0.1, -0.05) is 13.8 Å². The summed E-state index contributed by atoms with van der Waals surface area (Å²) in [6.45, 7) is 3.29. The van der Waals surface area contributed by atoms with E-state index in [1.54, 1.807) is 13.8 Å². The van der Waals surface area contributed by atoms with Crippen molar-refractivity contribution in [2.75, 3.05) is 25.4 Å². The fraction of sp³-hybridized carbons (Fsp3) is 0.818. The summed E-state index contributed by atoms with van der Waals surface area (Å²) >= 11 is 0.965. The lowest BCUT2D eigenvalue weighted by atomic mass is 9.87. The van der Waals surface area contributed by atoms with E-state index < -0.39 is 23.4 Å². The first-order chi connectivity index (χ1) is 8.85. The van der Waals surface area contributed by atoms with Crippen molar-refractivity contribution in [3.8, 4) is 0 Å². The molecular weight excluding hydrogens is 272 g/mol. The lowest BCUT2D eigenvalue weighted by molar-refractivity contribution is -0.137. The Hall–Kier alpha value is -0.830. The van der Waals surface area contributed by atoms with E-state index in [-0.39, 0.29) is 19.6 Å². The normalized spacial score (nSPS) is 12.9. The van der Waals surface area contributed by atoms with Crippen molar-refractivity contribution in [3.63, 3.8) is 0 Å². The van der Waals surface area contributed by atoms with Crippen LogP contribution in [0.15, 0.2) is 0 Å². The molecule has 0 saturated carbocycles. The van der Waals surface area contributed by atoms with Crippen LogP contribution in [0.3, 0.4) is 0 Å². The molecule has 0 saturated heterocycles. The highest BCUT2D eigenvalue weighted by atomic mass is 32.2. The van der Waals surface area contributed by atoms with Crippen LogP contribution in [-0.4, -0.2) is 53.6 Å². The maximum Gasteiger partial charge on any atom is 0.319 e. The van der Waals surface area contributed by atoms with Gasteiger partial charge in [-0.25, -0.2) is 0 Å². The largest absolute Gasteiger partial charge is 0.396 e. The highest BCUT2D eigenvalue weighted by Crippen LogP contribution is 2.19. The second kappa shape index (κ2) is 9.13. The van der Waals surface area contributed by atoms with Crippen LogP contribution < -0.4 is 11.1 Å². The van der Waals surface area contributed by atoms with Crippen LogP contribution in [0.1, 0.15) is 20.3 Å². The number of carbonyl (C=O) groups excluding carboxylic acids is 2. The summed E-state index contributed by atoms with van der Waals surface area (Å²) in [4.78, 5) is 22.7. The second-order valence-electron chi connectivity index (χ2n) is 4.66.